The SMILES string of the molecule is O=C(C1CC(F)C1)N1CC[C@@H]2OCCC[C@]2(COCc2ccncc2)C1. The van der Waals surface area contributed by atoms with Crippen LogP contribution in [0.4, 0.5) is 4.39 Å². The summed E-state index contributed by atoms with van der Waals surface area (Å²) in [6.07, 6.45) is 6.51. The summed E-state index contributed by atoms with van der Waals surface area (Å²) in [6.45, 7) is 3.29. The third-order valence-electron chi connectivity index (χ3n) is 6.14. The van der Waals surface area contributed by atoms with E-state index < -0.39 is 6.17 Å². The van der Waals surface area contributed by atoms with Gasteiger partial charge in [-0.1, -0.05) is 0 Å². The van der Waals surface area contributed by atoms with Crippen LogP contribution in [0, 0.1) is 11.3 Å². The lowest BCUT2D eigenvalue weighted by atomic mass is 9.72. The second kappa shape index (κ2) is 7.61. The van der Waals surface area contributed by atoms with Crippen LogP contribution in [0.25, 0.3) is 0 Å². The Balaban J connectivity index is 1.40. The molecule has 0 N–H and O–H groups in total. The van der Waals surface area contributed by atoms with Crippen molar-refractivity contribution >= 4 is 5.91 Å². The predicted octanol–water partition coefficient (Wildman–Crippen LogP) is 2.74. The Bertz CT molecular complexity index is 623. The van der Waals surface area contributed by atoms with E-state index in [-0.39, 0.29) is 23.3 Å². The molecule has 0 unspecified atom stereocenters. The number of halogens is 1. The maximum absolute atomic E-state index is 13.2. The van der Waals surface area contributed by atoms with Crippen LogP contribution in [0.1, 0.15) is 37.7 Å². The van der Waals surface area contributed by atoms with Crippen molar-refractivity contribution in [3.05, 3.63) is 30.1 Å². The smallest absolute Gasteiger partial charge is 0.225 e. The Morgan fingerprint density at radius 3 is 2.96 bits per heavy atom. The second-order valence-electron chi connectivity index (χ2n) is 7.99. The molecule has 2 atom stereocenters. The number of alkyl halides is 1. The fourth-order valence-corrected chi connectivity index (χ4v) is 4.55. The predicted molar refractivity (Wildman–Crippen MR) is 94.1 cm³/mol. The molecule has 1 aromatic rings. The number of amides is 1. The van der Waals surface area contributed by atoms with Crippen LogP contribution in [-0.2, 0) is 20.9 Å². The van der Waals surface area contributed by atoms with Crippen LogP contribution < -0.4 is 0 Å². The van der Waals surface area contributed by atoms with Gasteiger partial charge >= 0.3 is 0 Å². The number of rotatable bonds is 5. The number of ether oxygens (including phenoxy) is 2. The molecule has 2 aliphatic heterocycles. The summed E-state index contributed by atoms with van der Waals surface area (Å²) >= 11 is 0. The van der Waals surface area contributed by atoms with Gasteiger partial charge in [0.15, 0.2) is 0 Å². The number of likely N-dealkylation sites (tertiary alicyclic amines) is 1. The zero-order valence-electron chi connectivity index (χ0n) is 15.1. The standard InChI is InChI=1S/C20H27FN2O3/c21-17-10-16(11-17)19(24)23-8-4-18-20(13-23,5-1-9-26-18)14-25-12-15-2-6-22-7-3-15/h2-3,6-7,16-18H,1,4-5,8-14H2/t16?,17?,18-,20+/m0/s1. The molecule has 142 valence electrons. The van der Waals surface area contributed by atoms with Gasteiger partial charge < -0.3 is 14.4 Å². The maximum atomic E-state index is 13.2. The summed E-state index contributed by atoms with van der Waals surface area (Å²) in [5.41, 5.74) is 0.954. The van der Waals surface area contributed by atoms with Gasteiger partial charge in [0.05, 0.1) is 19.3 Å². The number of hydrogen-bond acceptors (Lipinski definition) is 4. The van der Waals surface area contributed by atoms with E-state index >= 15 is 0 Å². The highest BCUT2D eigenvalue weighted by atomic mass is 19.1. The summed E-state index contributed by atoms with van der Waals surface area (Å²) < 4.78 is 25.3. The normalized spacial score (nSPS) is 34.0. The number of piperidine rings is 1. The first-order valence-electron chi connectivity index (χ1n) is 9.67. The topological polar surface area (TPSA) is 51.7 Å². The van der Waals surface area contributed by atoms with Crippen LogP contribution in [0.5, 0.6) is 0 Å². The molecule has 5 nitrogen and oxygen atoms in total. The number of hydrogen-bond donors (Lipinski definition) is 0. The van der Waals surface area contributed by atoms with E-state index in [0.29, 0.717) is 39.1 Å². The van der Waals surface area contributed by atoms with E-state index in [1.165, 1.54) is 0 Å². The quantitative estimate of drug-likeness (QED) is 0.808. The van der Waals surface area contributed by atoms with Gasteiger partial charge in [-0.3, -0.25) is 9.78 Å². The fraction of sp³-hybridized carbons (Fsp3) is 0.700. The zero-order chi connectivity index (χ0) is 18.0. The molecule has 0 spiro atoms. The molecule has 1 amide bonds. The Labute approximate surface area is 153 Å². The molecule has 0 radical (unpaired) electrons. The summed E-state index contributed by atoms with van der Waals surface area (Å²) in [4.78, 5) is 18.7. The minimum Gasteiger partial charge on any atom is -0.377 e. The van der Waals surface area contributed by atoms with Gasteiger partial charge in [-0.2, -0.15) is 0 Å². The van der Waals surface area contributed by atoms with Gasteiger partial charge in [-0.25, -0.2) is 4.39 Å². The van der Waals surface area contributed by atoms with E-state index in [4.69, 9.17) is 9.47 Å². The zero-order valence-corrected chi connectivity index (χ0v) is 15.1. The van der Waals surface area contributed by atoms with Crippen molar-refractivity contribution in [3.63, 3.8) is 0 Å². The minimum atomic E-state index is -0.794. The summed E-state index contributed by atoms with van der Waals surface area (Å²) in [6, 6.07) is 3.90. The number of carbonyl (C=O) groups excluding carboxylic acids is 1. The van der Waals surface area contributed by atoms with Crippen LogP contribution in [0.3, 0.4) is 0 Å². The third kappa shape index (κ3) is 3.62. The first kappa shape index (κ1) is 17.9. The van der Waals surface area contributed by atoms with Crippen molar-refractivity contribution in [2.45, 2.75) is 51.0 Å². The number of carbonyl (C=O) groups is 1. The second-order valence-corrected chi connectivity index (χ2v) is 7.99. The molecule has 3 heterocycles. The largest absolute Gasteiger partial charge is 0.377 e. The molecular formula is C20H27FN2O3. The molecule has 2 saturated heterocycles. The first-order chi connectivity index (χ1) is 12.7. The first-order valence-corrected chi connectivity index (χ1v) is 9.67. The van der Waals surface area contributed by atoms with Gasteiger partial charge in [0.25, 0.3) is 0 Å². The van der Waals surface area contributed by atoms with Crippen LogP contribution in [0.2, 0.25) is 0 Å². The Morgan fingerprint density at radius 1 is 1.38 bits per heavy atom. The molecule has 1 saturated carbocycles. The van der Waals surface area contributed by atoms with E-state index in [9.17, 15) is 9.18 Å². The molecule has 3 fully saturated rings. The Kier molecular flexibility index (Phi) is 5.23. The molecule has 1 aromatic heterocycles. The third-order valence-corrected chi connectivity index (χ3v) is 6.14. The molecular weight excluding hydrogens is 335 g/mol. The summed E-state index contributed by atoms with van der Waals surface area (Å²) in [7, 11) is 0. The van der Waals surface area contributed by atoms with E-state index in [0.717, 1.165) is 31.4 Å². The van der Waals surface area contributed by atoms with Gasteiger partial charge in [0.2, 0.25) is 5.91 Å². The van der Waals surface area contributed by atoms with Gasteiger partial charge in [-0.15, -0.1) is 0 Å². The molecule has 1 aliphatic carbocycles. The van der Waals surface area contributed by atoms with Crippen molar-refractivity contribution in [1.82, 2.24) is 9.88 Å². The van der Waals surface area contributed by atoms with Crippen LogP contribution in [-0.4, -0.2) is 54.4 Å². The lowest BCUT2D eigenvalue weighted by Gasteiger charge is -2.51. The van der Waals surface area contributed by atoms with E-state index in [1.807, 2.05) is 17.0 Å². The summed E-state index contributed by atoms with van der Waals surface area (Å²) in [5.74, 6) is -0.00252. The number of nitrogens with zero attached hydrogens (tertiary/aromatic N) is 2. The maximum Gasteiger partial charge on any atom is 0.225 e. The Morgan fingerprint density at radius 2 is 2.19 bits per heavy atom. The van der Waals surface area contributed by atoms with E-state index in [1.54, 1.807) is 12.4 Å². The fourth-order valence-electron chi connectivity index (χ4n) is 4.55. The number of fused-ring (bicyclic) bond motifs is 1. The lowest BCUT2D eigenvalue weighted by molar-refractivity contribution is -0.170. The van der Waals surface area contributed by atoms with E-state index in [2.05, 4.69) is 4.98 Å². The van der Waals surface area contributed by atoms with Gasteiger partial charge in [0.1, 0.15) is 6.17 Å². The van der Waals surface area contributed by atoms with Crippen molar-refractivity contribution in [3.8, 4) is 0 Å². The molecule has 0 bridgehead atoms. The van der Waals surface area contributed by atoms with Gasteiger partial charge in [-0.05, 0) is 49.8 Å². The highest BCUT2D eigenvalue weighted by Gasteiger charge is 2.48. The Hall–Kier alpha value is -1.53. The minimum absolute atomic E-state index is 0.122. The lowest BCUT2D eigenvalue weighted by Crippen LogP contribution is -2.59. The van der Waals surface area contributed by atoms with Crippen molar-refractivity contribution < 1.29 is 18.7 Å². The average molecular weight is 362 g/mol. The average Bonchev–Trinajstić information content (AvgIpc) is 2.65. The number of pyridine rings is 1. The molecule has 6 heteroatoms. The monoisotopic (exact) mass is 362 g/mol. The van der Waals surface area contributed by atoms with Crippen LogP contribution in [0.15, 0.2) is 24.5 Å². The van der Waals surface area contributed by atoms with Crippen LogP contribution >= 0.6 is 0 Å². The van der Waals surface area contributed by atoms with Crippen molar-refractivity contribution in [2.75, 3.05) is 26.3 Å². The highest BCUT2D eigenvalue weighted by molar-refractivity contribution is 5.80. The molecule has 0 aromatic carbocycles. The van der Waals surface area contributed by atoms with Crippen molar-refractivity contribution in [1.29, 1.82) is 0 Å². The highest BCUT2D eigenvalue weighted by Crippen LogP contribution is 2.42. The number of aromatic nitrogens is 1. The summed E-state index contributed by atoms with van der Waals surface area (Å²) in [5, 5.41) is 0. The molecule has 4 rings (SSSR count). The van der Waals surface area contributed by atoms with Crippen molar-refractivity contribution in [2.24, 2.45) is 11.3 Å². The van der Waals surface area contributed by atoms with Gasteiger partial charge in [0, 0.05) is 43.4 Å². The molecule has 26 heavy (non-hydrogen) atoms. The molecule has 3 aliphatic rings.